The molecule has 0 saturated carbocycles. The van der Waals surface area contributed by atoms with E-state index in [0.29, 0.717) is 5.02 Å². The third-order valence-corrected chi connectivity index (χ3v) is 2.27. The lowest BCUT2D eigenvalue weighted by atomic mass is 10.3. The topological polar surface area (TPSA) is 25.4 Å². The van der Waals surface area contributed by atoms with Crippen LogP contribution in [-0.4, -0.2) is 31.3 Å². The van der Waals surface area contributed by atoms with Crippen molar-refractivity contribution in [3.8, 4) is 0 Å². The fourth-order valence-electron chi connectivity index (χ4n) is 1.40. The van der Waals surface area contributed by atoms with Gasteiger partial charge in [0.15, 0.2) is 0 Å². The van der Waals surface area contributed by atoms with Crippen LogP contribution in [0.1, 0.15) is 0 Å². The van der Waals surface area contributed by atoms with Crippen LogP contribution in [0.4, 0.5) is 5.69 Å². The molecule has 70 valence electrons. The first-order valence-corrected chi connectivity index (χ1v) is 4.67. The van der Waals surface area contributed by atoms with Crippen LogP contribution in [0.25, 0.3) is 0 Å². The Labute approximate surface area is 82.3 Å². The summed E-state index contributed by atoms with van der Waals surface area (Å²) in [5.74, 6) is 0. The second-order valence-electron chi connectivity index (χ2n) is 2.96. The molecule has 2 rings (SSSR count). The Balaban J connectivity index is 2.14. The molecule has 1 fully saturated rings. The molecule has 4 heteroatoms. The molecular formula is C9H11ClN2O. The summed E-state index contributed by atoms with van der Waals surface area (Å²) in [7, 11) is 0. The van der Waals surface area contributed by atoms with Gasteiger partial charge in [0.2, 0.25) is 0 Å². The molecule has 0 bridgehead atoms. The summed E-state index contributed by atoms with van der Waals surface area (Å²) in [6, 6.07) is 1.93. The highest BCUT2D eigenvalue weighted by molar-refractivity contribution is 6.30. The summed E-state index contributed by atoms with van der Waals surface area (Å²) in [5, 5.41) is 0.684. The predicted octanol–water partition coefficient (Wildman–Crippen LogP) is 1.57. The maximum Gasteiger partial charge on any atom is 0.0642 e. The molecule has 2 heterocycles. The van der Waals surface area contributed by atoms with Crippen molar-refractivity contribution in [2.75, 3.05) is 31.2 Å². The van der Waals surface area contributed by atoms with Crippen LogP contribution in [0.15, 0.2) is 18.5 Å². The Hall–Kier alpha value is -0.800. The van der Waals surface area contributed by atoms with E-state index in [1.807, 2.05) is 12.3 Å². The highest BCUT2D eigenvalue weighted by Gasteiger charge is 2.11. The molecule has 0 aliphatic carbocycles. The molecule has 13 heavy (non-hydrogen) atoms. The van der Waals surface area contributed by atoms with Gasteiger partial charge < -0.3 is 9.64 Å². The van der Waals surface area contributed by atoms with Crippen molar-refractivity contribution in [3.05, 3.63) is 23.5 Å². The van der Waals surface area contributed by atoms with E-state index in [4.69, 9.17) is 16.3 Å². The lowest BCUT2D eigenvalue weighted by Crippen LogP contribution is -2.36. The van der Waals surface area contributed by atoms with Gasteiger partial charge in [0.25, 0.3) is 0 Å². The van der Waals surface area contributed by atoms with Crippen molar-refractivity contribution in [2.45, 2.75) is 0 Å². The zero-order valence-corrected chi connectivity index (χ0v) is 8.00. The van der Waals surface area contributed by atoms with Gasteiger partial charge in [0.1, 0.15) is 0 Å². The fourth-order valence-corrected chi connectivity index (χ4v) is 1.56. The smallest absolute Gasteiger partial charge is 0.0642 e. The zero-order chi connectivity index (χ0) is 9.10. The molecule has 0 aromatic carbocycles. The third-order valence-electron chi connectivity index (χ3n) is 2.07. The quantitative estimate of drug-likeness (QED) is 0.685. The second kappa shape index (κ2) is 3.94. The average Bonchev–Trinajstić information content (AvgIpc) is 2.19. The Bertz CT molecular complexity index is 287. The molecule has 0 radical (unpaired) electrons. The van der Waals surface area contributed by atoms with Crippen molar-refractivity contribution in [1.29, 1.82) is 0 Å². The van der Waals surface area contributed by atoms with Crippen LogP contribution in [0.5, 0.6) is 0 Å². The minimum absolute atomic E-state index is 0.684. The lowest BCUT2D eigenvalue weighted by molar-refractivity contribution is 0.122. The number of hydrogen-bond acceptors (Lipinski definition) is 3. The highest BCUT2D eigenvalue weighted by atomic mass is 35.5. The van der Waals surface area contributed by atoms with Gasteiger partial charge in [0, 0.05) is 19.3 Å². The van der Waals surface area contributed by atoms with E-state index in [-0.39, 0.29) is 0 Å². The van der Waals surface area contributed by atoms with Crippen LogP contribution in [0.2, 0.25) is 5.02 Å². The van der Waals surface area contributed by atoms with Crippen LogP contribution in [-0.2, 0) is 4.74 Å². The van der Waals surface area contributed by atoms with Gasteiger partial charge in [-0.2, -0.15) is 0 Å². The number of nitrogens with zero attached hydrogens (tertiary/aromatic N) is 2. The molecule has 1 aliphatic rings. The van der Waals surface area contributed by atoms with Crippen LogP contribution >= 0.6 is 11.6 Å². The van der Waals surface area contributed by atoms with E-state index < -0.39 is 0 Å². The van der Waals surface area contributed by atoms with Gasteiger partial charge in [-0.25, -0.2) is 0 Å². The number of morpholine rings is 1. The SMILES string of the molecule is Clc1cncc(N2CCOCC2)c1. The van der Waals surface area contributed by atoms with Crippen LogP contribution < -0.4 is 4.90 Å². The summed E-state index contributed by atoms with van der Waals surface area (Å²) >= 11 is 5.84. The molecule has 1 aromatic rings. The second-order valence-corrected chi connectivity index (χ2v) is 3.40. The molecule has 1 aliphatic heterocycles. The van der Waals surface area contributed by atoms with Crippen molar-refractivity contribution in [2.24, 2.45) is 0 Å². The molecule has 1 saturated heterocycles. The van der Waals surface area contributed by atoms with E-state index in [1.165, 1.54) is 0 Å². The molecule has 0 amide bonds. The predicted molar refractivity (Wildman–Crippen MR) is 52.3 cm³/mol. The van der Waals surface area contributed by atoms with Crippen molar-refractivity contribution in [1.82, 2.24) is 4.98 Å². The Kier molecular flexibility index (Phi) is 2.66. The first-order chi connectivity index (χ1) is 6.36. The average molecular weight is 199 g/mol. The summed E-state index contributed by atoms with van der Waals surface area (Å²) < 4.78 is 5.26. The zero-order valence-electron chi connectivity index (χ0n) is 7.24. The van der Waals surface area contributed by atoms with E-state index in [0.717, 1.165) is 32.0 Å². The number of ether oxygens (including phenoxy) is 1. The maximum atomic E-state index is 5.84. The normalized spacial score (nSPS) is 17.5. The highest BCUT2D eigenvalue weighted by Crippen LogP contribution is 2.18. The number of rotatable bonds is 1. The minimum atomic E-state index is 0.684. The molecule has 0 N–H and O–H groups in total. The van der Waals surface area contributed by atoms with E-state index in [1.54, 1.807) is 6.20 Å². The van der Waals surface area contributed by atoms with Crippen molar-refractivity contribution >= 4 is 17.3 Å². The van der Waals surface area contributed by atoms with E-state index >= 15 is 0 Å². The maximum absolute atomic E-state index is 5.84. The molecule has 0 unspecified atom stereocenters. The Morgan fingerprint density at radius 2 is 2.08 bits per heavy atom. The molecule has 0 atom stereocenters. The van der Waals surface area contributed by atoms with Crippen molar-refractivity contribution < 1.29 is 4.74 Å². The summed E-state index contributed by atoms with van der Waals surface area (Å²) in [4.78, 5) is 6.27. The van der Waals surface area contributed by atoms with E-state index in [9.17, 15) is 0 Å². The Morgan fingerprint density at radius 1 is 1.31 bits per heavy atom. The van der Waals surface area contributed by atoms with Crippen LogP contribution in [0, 0.1) is 0 Å². The molecule has 3 nitrogen and oxygen atoms in total. The van der Waals surface area contributed by atoms with Gasteiger partial charge in [-0.3, -0.25) is 4.98 Å². The number of pyridine rings is 1. The third kappa shape index (κ3) is 2.11. The molecule has 0 spiro atoms. The summed E-state index contributed by atoms with van der Waals surface area (Å²) in [5.41, 5.74) is 1.08. The number of anilines is 1. The first kappa shape index (κ1) is 8.78. The van der Waals surface area contributed by atoms with Gasteiger partial charge in [-0.1, -0.05) is 11.6 Å². The summed E-state index contributed by atoms with van der Waals surface area (Å²) in [6.45, 7) is 3.41. The lowest BCUT2D eigenvalue weighted by Gasteiger charge is -2.28. The monoisotopic (exact) mass is 198 g/mol. The molecular weight excluding hydrogens is 188 g/mol. The van der Waals surface area contributed by atoms with Gasteiger partial charge >= 0.3 is 0 Å². The Morgan fingerprint density at radius 3 is 2.77 bits per heavy atom. The largest absolute Gasteiger partial charge is 0.378 e. The first-order valence-electron chi connectivity index (χ1n) is 4.29. The number of aromatic nitrogens is 1. The fraction of sp³-hybridized carbons (Fsp3) is 0.444. The van der Waals surface area contributed by atoms with Gasteiger partial charge in [0.05, 0.1) is 30.1 Å². The molecule has 1 aromatic heterocycles. The minimum Gasteiger partial charge on any atom is -0.378 e. The summed E-state index contributed by atoms with van der Waals surface area (Å²) in [6.07, 6.45) is 3.47. The van der Waals surface area contributed by atoms with E-state index in [2.05, 4.69) is 9.88 Å². The van der Waals surface area contributed by atoms with Gasteiger partial charge in [-0.15, -0.1) is 0 Å². The van der Waals surface area contributed by atoms with Crippen molar-refractivity contribution in [3.63, 3.8) is 0 Å². The number of halogens is 1. The standard InChI is InChI=1S/C9H11ClN2O/c10-8-5-9(7-11-6-8)12-1-3-13-4-2-12/h5-7H,1-4H2. The van der Waals surface area contributed by atoms with Gasteiger partial charge in [-0.05, 0) is 6.07 Å². The van der Waals surface area contributed by atoms with Crippen LogP contribution in [0.3, 0.4) is 0 Å². The number of hydrogen-bond donors (Lipinski definition) is 0.